The van der Waals surface area contributed by atoms with Crippen molar-refractivity contribution in [3.63, 3.8) is 0 Å². The molecule has 0 bridgehead atoms. The number of sulfonamides is 1. The van der Waals surface area contributed by atoms with Gasteiger partial charge in [-0.05, 0) is 18.8 Å². The summed E-state index contributed by atoms with van der Waals surface area (Å²) in [5.41, 5.74) is 1.10. The highest BCUT2D eigenvalue weighted by Crippen LogP contribution is 2.27. The minimum Gasteiger partial charge on any atom is -0.355 e. The van der Waals surface area contributed by atoms with Gasteiger partial charge < -0.3 is 9.84 Å². The molecule has 0 spiro atoms. The molecule has 3 rings (SSSR count). The first kappa shape index (κ1) is 16.7. The predicted molar refractivity (Wildman–Crippen MR) is 88.8 cm³/mol. The van der Waals surface area contributed by atoms with Gasteiger partial charge in [-0.15, -0.1) is 0 Å². The van der Waals surface area contributed by atoms with Gasteiger partial charge in [-0.2, -0.15) is 0 Å². The van der Waals surface area contributed by atoms with Crippen LogP contribution in [0.3, 0.4) is 0 Å². The van der Waals surface area contributed by atoms with E-state index in [0.717, 1.165) is 24.7 Å². The van der Waals surface area contributed by atoms with E-state index in [1.165, 1.54) is 0 Å². The van der Waals surface area contributed by atoms with Crippen LogP contribution in [0.4, 0.5) is 0 Å². The van der Waals surface area contributed by atoms with Gasteiger partial charge in [0.15, 0.2) is 11.5 Å². The zero-order valence-electron chi connectivity index (χ0n) is 13.2. The molecular formula is C16H19N3O4S. The fourth-order valence-corrected chi connectivity index (χ4v) is 3.21. The highest BCUT2D eigenvalue weighted by atomic mass is 32.2. The first-order chi connectivity index (χ1) is 11.4. The summed E-state index contributed by atoms with van der Waals surface area (Å²) in [5.74, 6) is 0.521. The van der Waals surface area contributed by atoms with Crippen molar-refractivity contribution < 1.29 is 17.7 Å². The van der Waals surface area contributed by atoms with Crippen molar-refractivity contribution in [1.82, 2.24) is 15.2 Å². The molecule has 0 atom stereocenters. The third-order valence-corrected chi connectivity index (χ3v) is 4.70. The van der Waals surface area contributed by atoms with Gasteiger partial charge >= 0.3 is 0 Å². The maximum atomic E-state index is 12.2. The maximum absolute atomic E-state index is 12.2. The monoisotopic (exact) mass is 349 g/mol. The lowest BCUT2D eigenvalue weighted by Crippen LogP contribution is -2.47. The van der Waals surface area contributed by atoms with Crippen LogP contribution in [0.25, 0.3) is 11.3 Å². The molecule has 1 aliphatic rings. The van der Waals surface area contributed by atoms with Crippen LogP contribution in [0.2, 0.25) is 0 Å². The number of amides is 1. The summed E-state index contributed by atoms with van der Waals surface area (Å²) in [7, 11) is -3.16. The molecule has 1 saturated carbocycles. The highest BCUT2D eigenvalue weighted by molar-refractivity contribution is 7.88. The lowest BCUT2D eigenvalue weighted by molar-refractivity contribution is 0.0882. The molecule has 0 saturated heterocycles. The smallest absolute Gasteiger partial charge is 0.273 e. The van der Waals surface area contributed by atoms with Crippen LogP contribution in [0.15, 0.2) is 40.9 Å². The zero-order chi connectivity index (χ0) is 17.2. The van der Waals surface area contributed by atoms with Crippen molar-refractivity contribution in [2.75, 3.05) is 12.8 Å². The molecule has 2 aromatic rings. The topological polar surface area (TPSA) is 101 Å². The number of benzene rings is 1. The van der Waals surface area contributed by atoms with Crippen molar-refractivity contribution >= 4 is 15.9 Å². The predicted octanol–water partition coefficient (Wildman–Crippen LogP) is 1.40. The second-order valence-electron chi connectivity index (χ2n) is 6.07. The van der Waals surface area contributed by atoms with Gasteiger partial charge in [0.25, 0.3) is 5.91 Å². The summed E-state index contributed by atoms with van der Waals surface area (Å²) >= 11 is 0. The summed E-state index contributed by atoms with van der Waals surface area (Å²) in [6, 6.07) is 11.1. The number of aromatic nitrogens is 1. The molecule has 0 radical (unpaired) electrons. The van der Waals surface area contributed by atoms with Crippen molar-refractivity contribution in [3.8, 4) is 11.3 Å². The van der Waals surface area contributed by atoms with E-state index in [1.54, 1.807) is 6.07 Å². The Morgan fingerprint density at radius 1 is 1.29 bits per heavy atom. The van der Waals surface area contributed by atoms with Crippen LogP contribution in [0.5, 0.6) is 0 Å². The summed E-state index contributed by atoms with van der Waals surface area (Å²) in [6.07, 6.45) is 2.63. The maximum Gasteiger partial charge on any atom is 0.273 e. The Bertz CT molecular complexity index is 811. The second kappa shape index (κ2) is 6.74. The quantitative estimate of drug-likeness (QED) is 0.821. The van der Waals surface area contributed by atoms with E-state index in [2.05, 4.69) is 15.2 Å². The van der Waals surface area contributed by atoms with Gasteiger partial charge in [-0.1, -0.05) is 35.5 Å². The molecule has 0 unspecified atom stereocenters. The molecule has 1 aromatic heterocycles. The van der Waals surface area contributed by atoms with Crippen molar-refractivity contribution in [1.29, 1.82) is 0 Å². The van der Waals surface area contributed by atoms with E-state index >= 15 is 0 Å². The van der Waals surface area contributed by atoms with Gasteiger partial charge in [0.2, 0.25) is 10.0 Å². The van der Waals surface area contributed by atoms with Gasteiger partial charge in [0.1, 0.15) is 0 Å². The van der Waals surface area contributed by atoms with Crippen LogP contribution in [0, 0.1) is 5.92 Å². The molecule has 1 heterocycles. The van der Waals surface area contributed by atoms with Crippen molar-refractivity contribution in [3.05, 3.63) is 42.1 Å². The summed E-state index contributed by atoms with van der Waals surface area (Å²) in [6.45, 7) is 0.410. The van der Waals surface area contributed by atoms with E-state index in [4.69, 9.17) is 4.52 Å². The number of hydrogen-bond acceptors (Lipinski definition) is 5. The third kappa shape index (κ3) is 4.21. The molecule has 128 valence electrons. The minimum atomic E-state index is -3.16. The summed E-state index contributed by atoms with van der Waals surface area (Å²) in [5, 5.41) is 6.70. The largest absolute Gasteiger partial charge is 0.355 e. The lowest BCUT2D eigenvalue weighted by Gasteiger charge is -2.35. The Hall–Kier alpha value is -2.19. The molecule has 1 aromatic carbocycles. The van der Waals surface area contributed by atoms with E-state index in [-0.39, 0.29) is 23.6 Å². The molecular weight excluding hydrogens is 330 g/mol. The van der Waals surface area contributed by atoms with Crippen LogP contribution in [-0.4, -0.2) is 38.3 Å². The summed E-state index contributed by atoms with van der Waals surface area (Å²) < 4.78 is 29.8. The first-order valence-corrected chi connectivity index (χ1v) is 9.57. The molecule has 1 amide bonds. The van der Waals surface area contributed by atoms with Gasteiger partial charge in [-0.25, -0.2) is 13.1 Å². The Balaban J connectivity index is 1.50. The molecule has 2 N–H and O–H groups in total. The lowest BCUT2D eigenvalue weighted by atomic mass is 9.80. The van der Waals surface area contributed by atoms with Crippen LogP contribution < -0.4 is 10.0 Å². The molecule has 0 aliphatic heterocycles. The number of carbonyl (C=O) groups is 1. The van der Waals surface area contributed by atoms with Crippen LogP contribution in [0.1, 0.15) is 23.3 Å². The SMILES string of the molecule is CS(=O)(=O)NC[C@H]1C[C@H](NC(=O)c2cc(-c3ccccc3)on2)C1. The second-order valence-corrected chi connectivity index (χ2v) is 7.90. The number of hydrogen-bond donors (Lipinski definition) is 2. The zero-order valence-corrected chi connectivity index (χ0v) is 14.0. The third-order valence-electron chi connectivity index (χ3n) is 4.01. The average molecular weight is 349 g/mol. The molecule has 1 aliphatic carbocycles. The van der Waals surface area contributed by atoms with E-state index in [0.29, 0.717) is 12.3 Å². The molecule has 1 fully saturated rings. The van der Waals surface area contributed by atoms with Crippen molar-refractivity contribution in [2.45, 2.75) is 18.9 Å². The average Bonchev–Trinajstić information content (AvgIpc) is 2.99. The van der Waals surface area contributed by atoms with E-state index in [1.807, 2.05) is 30.3 Å². The van der Waals surface area contributed by atoms with E-state index < -0.39 is 10.0 Å². The van der Waals surface area contributed by atoms with Crippen LogP contribution >= 0.6 is 0 Å². The highest BCUT2D eigenvalue weighted by Gasteiger charge is 2.31. The van der Waals surface area contributed by atoms with Gasteiger partial charge in [0.05, 0.1) is 6.26 Å². The Labute approximate surface area is 140 Å². The fraction of sp³-hybridized carbons (Fsp3) is 0.375. The number of nitrogens with zero attached hydrogens (tertiary/aromatic N) is 1. The normalized spacial score (nSPS) is 20.4. The minimum absolute atomic E-state index is 0.0423. The number of rotatable bonds is 6. The standard InChI is InChI=1S/C16H19N3O4S/c1-24(21,22)17-10-11-7-13(8-11)18-16(20)14-9-15(23-19-14)12-5-3-2-4-6-12/h2-6,9,11,13,17H,7-8,10H2,1H3,(H,18,20)/t11-,13-. The molecule has 7 nitrogen and oxygen atoms in total. The van der Waals surface area contributed by atoms with Gasteiger partial charge in [0, 0.05) is 24.2 Å². The van der Waals surface area contributed by atoms with Gasteiger partial charge in [-0.3, -0.25) is 4.79 Å². The fourth-order valence-electron chi connectivity index (χ4n) is 2.67. The van der Waals surface area contributed by atoms with Crippen molar-refractivity contribution in [2.24, 2.45) is 5.92 Å². The molecule has 24 heavy (non-hydrogen) atoms. The Kier molecular flexibility index (Phi) is 4.68. The Morgan fingerprint density at radius 3 is 2.67 bits per heavy atom. The summed E-state index contributed by atoms with van der Waals surface area (Å²) in [4.78, 5) is 12.2. The number of carbonyl (C=O) groups excluding carboxylic acids is 1. The molecule has 8 heteroatoms. The first-order valence-electron chi connectivity index (χ1n) is 7.68. The Morgan fingerprint density at radius 2 is 2.00 bits per heavy atom. The number of nitrogens with one attached hydrogen (secondary N) is 2. The van der Waals surface area contributed by atoms with Crippen LogP contribution in [-0.2, 0) is 10.0 Å². The van der Waals surface area contributed by atoms with E-state index in [9.17, 15) is 13.2 Å².